The third-order valence-electron chi connectivity index (χ3n) is 4.01. The van der Waals surface area contributed by atoms with Crippen molar-refractivity contribution in [1.82, 2.24) is 9.71 Å². The maximum atomic E-state index is 11.5. The van der Waals surface area contributed by atoms with Gasteiger partial charge in [0.1, 0.15) is 0 Å². The van der Waals surface area contributed by atoms with Gasteiger partial charge in [0, 0.05) is 36.6 Å². The fourth-order valence-electron chi connectivity index (χ4n) is 2.60. The van der Waals surface area contributed by atoms with Crippen molar-refractivity contribution in [2.24, 2.45) is 0 Å². The van der Waals surface area contributed by atoms with Crippen LogP contribution in [-0.4, -0.2) is 25.1 Å². The van der Waals surface area contributed by atoms with Crippen molar-refractivity contribution < 1.29 is 13.2 Å². The van der Waals surface area contributed by atoms with Gasteiger partial charge in [-0.25, -0.2) is 13.1 Å². The summed E-state index contributed by atoms with van der Waals surface area (Å²) in [5.41, 5.74) is 4.68. The first-order valence-electron chi connectivity index (χ1n) is 7.81. The Morgan fingerprint density at radius 3 is 2.79 bits per heavy atom. The predicted octanol–water partition coefficient (Wildman–Crippen LogP) is 2.07. The molecule has 24 heavy (non-hydrogen) atoms. The van der Waals surface area contributed by atoms with Crippen LogP contribution in [0, 0.1) is 0 Å². The Labute approximate surface area is 141 Å². The molecule has 6 nitrogen and oxygen atoms in total. The molecule has 1 amide bonds. The lowest BCUT2D eigenvalue weighted by Crippen LogP contribution is -2.24. The van der Waals surface area contributed by atoms with Crippen LogP contribution in [0.3, 0.4) is 0 Å². The molecule has 126 valence electrons. The average molecular weight is 345 g/mol. The topological polar surface area (TPSA) is 88.2 Å². The van der Waals surface area contributed by atoms with E-state index in [1.54, 1.807) is 19.3 Å². The molecule has 0 fully saturated rings. The van der Waals surface area contributed by atoms with E-state index in [0.29, 0.717) is 6.42 Å². The van der Waals surface area contributed by atoms with E-state index in [9.17, 15) is 13.2 Å². The van der Waals surface area contributed by atoms with E-state index in [1.807, 2.05) is 24.3 Å². The van der Waals surface area contributed by atoms with Crippen LogP contribution in [0.5, 0.6) is 0 Å². The Morgan fingerprint density at radius 1 is 1.17 bits per heavy atom. The summed E-state index contributed by atoms with van der Waals surface area (Å²) in [7, 11) is -3.23. The summed E-state index contributed by atoms with van der Waals surface area (Å²) in [5.74, 6) is 0.0959. The van der Waals surface area contributed by atoms with Crippen LogP contribution in [-0.2, 0) is 27.8 Å². The van der Waals surface area contributed by atoms with Gasteiger partial charge < -0.3 is 5.32 Å². The molecule has 3 rings (SSSR count). The van der Waals surface area contributed by atoms with Crippen molar-refractivity contribution in [3.05, 3.63) is 47.8 Å². The molecule has 0 unspecified atom stereocenters. The number of pyridine rings is 1. The van der Waals surface area contributed by atoms with Crippen LogP contribution in [0.4, 0.5) is 5.69 Å². The van der Waals surface area contributed by atoms with Gasteiger partial charge in [-0.05, 0) is 48.2 Å². The fraction of sp³-hybridized carbons (Fsp3) is 0.294. The number of nitrogens with one attached hydrogen (secondary N) is 2. The van der Waals surface area contributed by atoms with Gasteiger partial charge in [0.2, 0.25) is 15.9 Å². The number of rotatable bonds is 5. The molecule has 1 aromatic heterocycles. The van der Waals surface area contributed by atoms with Gasteiger partial charge in [-0.1, -0.05) is 6.07 Å². The molecular weight excluding hydrogens is 326 g/mol. The summed E-state index contributed by atoms with van der Waals surface area (Å²) in [6.45, 7) is 1.82. The molecule has 7 heteroatoms. The number of benzene rings is 1. The molecule has 2 heterocycles. The second-order valence-electron chi connectivity index (χ2n) is 5.73. The second-order valence-corrected chi connectivity index (χ2v) is 7.82. The van der Waals surface area contributed by atoms with E-state index < -0.39 is 10.0 Å². The molecule has 1 aromatic carbocycles. The number of amides is 1. The van der Waals surface area contributed by atoms with Crippen LogP contribution in [0.15, 0.2) is 36.7 Å². The second kappa shape index (κ2) is 6.70. The Balaban J connectivity index is 1.83. The Kier molecular flexibility index (Phi) is 4.64. The highest BCUT2D eigenvalue weighted by Crippen LogP contribution is 2.28. The molecule has 1 aliphatic heterocycles. The van der Waals surface area contributed by atoms with E-state index in [4.69, 9.17) is 0 Å². The minimum Gasteiger partial charge on any atom is -0.326 e. The van der Waals surface area contributed by atoms with Gasteiger partial charge in [-0.2, -0.15) is 0 Å². The summed E-state index contributed by atoms with van der Waals surface area (Å²) in [5, 5.41) is 2.86. The lowest BCUT2D eigenvalue weighted by molar-refractivity contribution is -0.116. The Morgan fingerprint density at radius 2 is 2.00 bits per heavy atom. The minimum atomic E-state index is -3.23. The maximum Gasteiger partial charge on any atom is 0.224 e. The number of aromatic nitrogens is 1. The highest BCUT2D eigenvalue weighted by molar-refractivity contribution is 7.89. The monoisotopic (exact) mass is 345 g/mol. The smallest absolute Gasteiger partial charge is 0.224 e. The van der Waals surface area contributed by atoms with Gasteiger partial charge in [-0.15, -0.1) is 0 Å². The number of carbonyl (C=O) groups excluding carboxylic acids is 1. The van der Waals surface area contributed by atoms with Crippen molar-refractivity contribution in [3.63, 3.8) is 0 Å². The van der Waals surface area contributed by atoms with Crippen LogP contribution in [0.1, 0.15) is 24.5 Å². The molecule has 2 N–H and O–H groups in total. The third-order valence-corrected chi connectivity index (χ3v) is 5.35. The van der Waals surface area contributed by atoms with Gasteiger partial charge in [0.15, 0.2) is 0 Å². The first-order valence-corrected chi connectivity index (χ1v) is 9.46. The highest BCUT2D eigenvalue weighted by Gasteiger charge is 2.15. The van der Waals surface area contributed by atoms with Crippen molar-refractivity contribution in [1.29, 1.82) is 0 Å². The molecule has 0 saturated carbocycles. The predicted molar refractivity (Wildman–Crippen MR) is 92.9 cm³/mol. The molecule has 0 bridgehead atoms. The molecule has 0 radical (unpaired) electrons. The van der Waals surface area contributed by atoms with Gasteiger partial charge in [0.05, 0.1) is 5.75 Å². The maximum absolute atomic E-state index is 11.5. The zero-order valence-electron chi connectivity index (χ0n) is 13.4. The van der Waals surface area contributed by atoms with Crippen LogP contribution >= 0.6 is 0 Å². The zero-order valence-corrected chi connectivity index (χ0v) is 14.2. The molecular formula is C17H19N3O3S. The number of nitrogens with zero attached hydrogens (tertiary/aromatic N) is 1. The molecule has 0 atom stereocenters. The minimum absolute atomic E-state index is 0.0436. The Bertz CT molecular complexity index is 878. The third kappa shape index (κ3) is 3.80. The zero-order chi connectivity index (χ0) is 17.2. The molecule has 1 aliphatic rings. The average Bonchev–Trinajstić information content (AvgIpc) is 2.60. The summed E-state index contributed by atoms with van der Waals surface area (Å²) in [4.78, 5) is 15.6. The van der Waals surface area contributed by atoms with Crippen LogP contribution in [0.2, 0.25) is 0 Å². The standard InChI is InChI=1S/C17H19N3O3S/c1-2-24(22,23)19-10-12-7-15(11-18-9-12)13-3-5-16-14(8-13)4-6-17(21)20-16/h3,5,7-9,11,19H,2,4,6,10H2,1H3,(H,20,21). The molecule has 0 spiro atoms. The number of hydrogen-bond donors (Lipinski definition) is 2. The molecule has 0 aliphatic carbocycles. The van der Waals surface area contributed by atoms with Gasteiger partial charge in [-0.3, -0.25) is 9.78 Å². The van der Waals surface area contributed by atoms with Crippen molar-refractivity contribution >= 4 is 21.6 Å². The Hall–Kier alpha value is -2.25. The number of fused-ring (bicyclic) bond motifs is 1. The van der Waals surface area contributed by atoms with E-state index >= 15 is 0 Å². The van der Waals surface area contributed by atoms with Crippen LogP contribution in [0.25, 0.3) is 11.1 Å². The van der Waals surface area contributed by atoms with Gasteiger partial charge >= 0.3 is 0 Å². The van der Waals surface area contributed by atoms with Crippen molar-refractivity contribution in [3.8, 4) is 11.1 Å². The molecule has 0 saturated heterocycles. The van der Waals surface area contributed by atoms with Gasteiger partial charge in [0.25, 0.3) is 0 Å². The molecule has 2 aromatic rings. The summed E-state index contributed by atoms with van der Waals surface area (Å²) in [6, 6.07) is 7.80. The first kappa shape index (κ1) is 16.6. The summed E-state index contributed by atoms with van der Waals surface area (Å²) >= 11 is 0. The number of sulfonamides is 1. The van der Waals surface area contributed by atoms with Crippen LogP contribution < -0.4 is 10.0 Å². The lowest BCUT2D eigenvalue weighted by atomic mass is 9.97. The van der Waals surface area contributed by atoms with E-state index in [1.165, 1.54) is 0 Å². The van der Waals surface area contributed by atoms with E-state index in [-0.39, 0.29) is 18.2 Å². The van der Waals surface area contributed by atoms with Crippen molar-refractivity contribution in [2.45, 2.75) is 26.3 Å². The highest BCUT2D eigenvalue weighted by atomic mass is 32.2. The number of carbonyl (C=O) groups is 1. The summed E-state index contributed by atoms with van der Waals surface area (Å²) in [6.07, 6.45) is 4.62. The van der Waals surface area contributed by atoms with E-state index in [2.05, 4.69) is 15.0 Å². The lowest BCUT2D eigenvalue weighted by Gasteiger charge is -2.17. The number of anilines is 1. The fourth-order valence-corrected chi connectivity index (χ4v) is 3.19. The SMILES string of the molecule is CCS(=O)(=O)NCc1cncc(-c2ccc3c(c2)CCC(=O)N3)c1. The number of hydrogen-bond acceptors (Lipinski definition) is 4. The summed E-state index contributed by atoms with van der Waals surface area (Å²) < 4.78 is 25.6. The normalized spacial score (nSPS) is 14.1. The van der Waals surface area contributed by atoms with Crippen molar-refractivity contribution in [2.75, 3.05) is 11.1 Å². The quantitative estimate of drug-likeness (QED) is 0.868. The van der Waals surface area contributed by atoms with E-state index in [0.717, 1.165) is 34.4 Å². The number of aryl methyl sites for hydroxylation is 1. The first-order chi connectivity index (χ1) is 11.5. The largest absolute Gasteiger partial charge is 0.326 e.